The number of guanidine groups is 1. The van der Waals surface area contributed by atoms with Gasteiger partial charge in [0.1, 0.15) is 18.1 Å². The van der Waals surface area contributed by atoms with Gasteiger partial charge in [0.15, 0.2) is 5.96 Å². The number of amides is 4. The summed E-state index contributed by atoms with van der Waals surface area (Å²) in [7, 11) is 0. The lowest BCUT2D eigenvalue weighted by molar-refractivity contribution is -0.142. The fourth-order valence-corrected chi connectivity index (χ4v) is 2.30. The molecule has 176 valence electrons. The summed E-state index contributed by atoms with van der Waals surface area (Å²) in [4.78, 5) is 62.6. The monoisotopic (exact) mass is 444 g/mol. The zero-order valence-electron chi connectivity index (χ0n) is 17.6. The third kappa shape index (κ3) is 12.0. The minimum Gasteiger partial charge on any atom is -0.480 e. The van der Waals surface area contributed by atoms with Gasteiger partial charge in [0.25, 0.3) is 0 Å². The van der Waals surface area contributed by atoms with Crippen LogP contribution >= 0.6 is 0 Å². The lowest BCUT2D eigenvalue weighted by Gasteiger charge is -2.23. The lowest BCUT2D eigenvalue weighted by Crippen LogP contribution is -2.56. The van der Waals surface area contributed by atoms with Gasteiger partial charge in [-0.05, 0) is 33.1 Å². The van der Waals surface area contributed by atoms with E-state index in [0.717, 1.165) is 0 Å². The first kappa shape index (κ1) is 27.6. The molecule has 12 N–H and O–H groups in total. The fraction of sp³-hybridized carbons (Fsp3) is 0.647. The number of hydrogen-bond acceptors (Lipinski definition) is 7. The lowest BCUT2D eigenvalue weighted by atomic mass is 10.1. The predicted octanol–water partition coefficient (Wildman–Crippen LogP) is -3.79. The van der Waals surface area contributed by atoms with Crippen LogP contribution in [0.1, 0.15) is 39.5 Å². The highest BCUT2D eigenvalue weighted by molar-refractivity contribution is 5.93. The van der Waals surface area contributed by atoms with Crippen LogP contribution in [0.3, 0.4) is 0 Å². The second kappa shape index (κ2) is 13.7. The molecule has 4 unspecified atom stereocenters. The number of rotatable bonds is 14. The van der Waals surface area contributed by atoms with Crippen LogP contribution in [0.4, 0.5) is 0 Å². The Morgan fingerprint density at radius 2 is 1.45 bits per heavy atom. The fourth-order valence-electron chi connectivity index (χ4n) is 2.30. The minimum absolute atomic E-state index is 0.116. The Kier molecular flexibility index (Phi) is 12.2. The number of aliphatic carboxylic acids is 1. The quantitative estimate of drug-likeness (QED) is 0.0741. The van der Waals surface area contributed by atoms with Crippen LogP contribution in [0.2, 0.25) is 0 Å². The van der Waals surface area contributed by atoms with Crippen LogP contribution in [0.25, 0.3) is 0 Å². The van der Waals surface area contributed by atoms with Gasteiger partial charge >= 0.3 is 5.97 Å². The Hall–Kier alpha value is -3.42. The van der Waals surface area contributed by atoms with E-state index in [1.807, 2.05) is 0 Å². The van der Waals surface area contributed by atoms with Crippen LogP contribution in [0.15, 0.2) is 4.99 Å². The van der Waals surface area contributed by atoms with Gasteiger partial charge in [-0.1, -0.05) is 0 Å². The number of nitrogens with one attached hydrogen (secondary N) is 3. The summed E-state index contributed by atoms with van der Waals surface area (Å²) >= 11 is 0. The number of carboxylic acids is 1. The molecule has 0 saturated heterocycles. The van der Waals surface area contributed by atoms with Gasteiger partial charge in [-0.25, -0.2) is 4.79 Å². The average molecular weight is 444 g/mol. The summed E-state index contributed by atoms with van der Waals surface area (Å²) in [5, 5.41) is 16.3. The van der Waals surface area contributed by atoms with E-state index in [9.17, 15) is 24.0 Å². The van der Waals surface area contributed by atoms with Gasteiger partial charge in [0, 0.05) is 13.0 Å². The van der Waals surface area contributed by atoms with Gasteiger partial charge in [-0.15, -0.1) is 0 Å². The highest BCUT2D eigenvalue weighted by Crippen LogP contribution is 2.02. The van der Waals surface area contributed by atoms with Crippen molar-refractivity contribution in [1.29, 1.82) is 0 Å². The summed E-state index contributed by atoms with van der Waals surface area (Å²) in [5.41, 5.74) is 21.0. The van der Waals surface area contributed by atoms with E-state index in [1.54, 1.807) is 0 Å². The van der Waals surface area contributed by atoms with Gasteiger partial charge in [-0.3, -0.25) is 24.2 Å². The van der Waals surface area contributed by atoms with Crippen molar-refractivity contribution in [2.45, 2.75) is 63.7 Å². The van der Waals surface area contributed by atoms with E-state index in [1.165, 1.54) is 13.8 Å². The molecule has 0 aromatic carbocycles. The third-order valence-electron chi connectivity index (χ3n) is 4.04. The predicted molar refractivity (Wildman–Crippen MR) is 111 cm³/mol. The standard InChI is InChI=1S/C17H32N8O6/c1-8(18)13(27)24-10(4-3-7-22-17(20)21)15(29)23-9(2)14(28)25-11(16(30)31)5-6-12(19)26/h8-11H,3-7,18H2,1-2H3,(H2,19,26)(H,23,29)(H,24,27)(H,25,28)(H,30,31)(H4,20,21,22). The zero-order valence-corrected chi connectivity index (χ0v) is 17.6. The van der Waals surface area contributed by atoms with Gasteiger partial charge in [0.2, 0.25) is 23.6 Å². The van der Waals surface area contributed by atoms with Crippen molar-refractivity contribution in [3.63, 3.8) is 0 Å². The molecule has 0 rings (SSSR count). The third-order valence-corrected chi connectivity index (χ3v) is 4.04. The van der Waals surface area contributed by atoms with E-state index in [-0.39, 0.29) is 31.8 Å². The second-order valence-electron chi connectivity index (χ2n) is 6.93. The first-order chi connectivity index (χ1) is 14.3. The van der Waals surface area contributed by atoms with Crippen LogP contribution in [-0.2, 0) is 24.0 Å². The van der Waals surface area contributed by atoms with Crippen LogP contribution in [0.5, 0.6) is 0 Å². The molecule has 0 saturated carbocycles. The van der Waals surface area contributed by atoms with E-state index in [0.29, 0.717) is 6.42 Å². The van der Waals surface area contributed by atoms with Crippen molar-refractivity contribution in [3.8, 4) is 0 Å². The highest BCUT2D eigenvalue weighted by atomic mass is 16.4. The summed E-state index contributed by atoms with van der Waals surface area (Å²) in [6.07, 6.45) is 0.0733. The molecule has 31 heavy (non-hydrogen) atoms. The van der Waals surface area contributed by atoms with E-state index in [2.05, 4.69) is 20.9 Å². The number of primary amides is 1. The molecule has 0 bridgehead atoms. The van der Waals surface area contributed by atoms with E-state index in [4.69, 9.17) is 28.0 Å². The highest BCUT2D eigenvalue weighted by Gasteiger charge is 2.27. The molecule has 4 amide bonds. The number of carboxylic acid groups (broad SMARTS) is 1. The smallest absolute Gasteiger partial charge is 0.326 e. The average Bonchev–Trinajstić information content (AvgIpc) is 2.65. The summed E-state index contributed by atoms with van der Waals surface area (Å²) in [6, 6.07) is -4.37. The van der Waals surface area contributed by atoms with E-state index >= 15 is 0 Å². The normalized spacial score (nSPS) is 14.3. The molecular formula is C17H32N8O6. The zero-order chi connectivity index (χ0) is 24.1. The molecule has 14 heteroatoms. The van der Waals surface area contributed by atoms with Gasteiger partial charge in [0.05, 0.1) is 6.04 Å². The number of carbonyl (C=O) groups excluding carboxylic acids is 4. The maximum atomic E-state index is 12.6. The summed E-state index contributed by atoms with van der Waals surface area (Å²) in [5.74, 6) is -4.22. The largest absolute Gasteiger partial charge is 0.480 e. The van der Waals surface area contributed by atoms with Gasteiger partial charge in [-0.2, -0.15) is 0 Å². The molecule has 0 aliphatic heterocycles. The van der Waals surface area contributed by atoms with Crippen molar-refractivity contribution in [1.82, 2.24) is 16.0 Å². The molecule has 4 atom stereocenters. The van der Waals surface area contributed by atoms with Crippen molar-refractivity contribution >= 4 is 35.6 Å². The molecule has 0 fully saturated rings. The second-order valence-corrected chi connectivity index (χ2v) is 6.93. The first-order valence-electron chi connectivity index (χ1n) is 9.58. The van der Waals surface area contributed by atoms with Crippen LogP contribution in [-0.4, -0.2) is 71.4 Å². The van der Waals surface area contributed by atoms with Crippen molar-refractivity contribution in [3.05, 3.63) is 0 Å². The molecule has 14 nitrogen and oxygen atoms in total. The minimum atomic E-state index is -1.35. The number of nitrogens with two attached hydrogens (primary N) is 4. The van der Waals surface area contributed by atoms with Crippen LogP contribution in [0, 0.1) is 0 Å². The Morgan fingerprint density at radius 3 is 1.94 bits per heavy atom. The molecule has 0 aromatic rings. The Labute approximate surface area is 179 Å². The summed E-state index contributed by atoms with van der Waals surface area (Å²) < 4.78 is 0. The Bertz CT molecular complexity index is 692. The summed E-state index contributed by atoms with van der Waals surface area (Å²) in [6.45, 7) is 3.00. The topological polar surface area (TPSA) is 258 Å². The van der Waals surface area contributed by atoms with Gasteiger partial charge < -0.3 is 44.0 Å². The Morgan fingerprint density at radius 1 is 0.871 bits per heavy atom. The molecule has 0 aliphatic rings. The number of nitrogens with zero attached hydrogens (tertiary/aromatic N) is 1. The molecule has 0 heterocycles. The SMILES string of the molecule is CC(N)C(=O)NC(CCCN=C(N)N)C(=O)NC(C)C(=O)NC(CCC(N)=O)C(=O)O. The van der Waals surface area contributed by atoms with Crippen molar-refractivity contribution in [2.75, 3.05) is 6.54 Å². The molecule has 0 aliphatic carbocycles. The van der Waals surface area contributed by atoms with Crippen LogP contribution < -0.4 is 38.9 Å². The van der Waals surface area contributed by atoms with Crippen molar-refractivity contribution in [2.24, 2.45) is 27.9 Å². The van der Waals surface area contributed by atoms with E-state index < -0.39 is 53.8 Å². The molecule has 0 aromatic heterocycles. The molecular weight excluding hydrogens is 412 g/mol. The molecule has 0 radical (unpaired) electrons. The molecule has 0 spiro atoms. The number of carbonyl (C=O) groups is 5. The van der Waals surface area contributed by atoms with Crippen molar-refractivity contribution < 1.29 is 29.1 Å². The Balaban J connectivity index is 5.03. The number of hydrogen-bond donors (Lipinski definition) is 8. The maximum Gasteiger partial charge on any atom is 0.326 e. The maximum absolute atomic E-state index is 12.6. The number of aliphatic imine (C=N–C) groups is 1. The first-order valence-corrected chi connectivity index (χ1v) is 9.58.